The predicted molar refractivity (Wildman–Crippen MR) is 47.0 cm³/mol. The number of ether oxygens (including phenoxy) is 1. The van der Waals surface area contributed by atoms with E-state index in [-0.39, 0.29) is 6.10 Å². The summed E-state index contributed by atoms with van der Waals surface area (Å²) in [6.45, 7) is 2.72. The zero-order valence-corrected chi connectivity index (χ0v) is 7.29. The van der Waals surface area contributed by atoms with Crippen LogP contribution in [0.1, 0.15) is 11.8 Å². The molecule has 0 aromatic carbocycles. The molecule has 2 rings (SSSR count). The number of aromatic nitrogens is 1. The van der Waals surface area contributed by atoms with Gasteiger partial charge in [0.1, 0.15) is 6.10 Å². The molecule has 2 heterocycles. The normalized spacial score (nSPS) is 24.2. The van der Waals surface area contributed by atoms with Crippen LogP contribution in [0.2, 0.25) is 0 Å². The molecule has 1 saturated heterocycles. The van der Waals surface area contributed by atoms with Gasteiger partial charge in [-0.25, -0.2) is 0 Å². The van der Waals surface area contributed by atoms with Crippen molar-refractivity contribution in [3.8, 4) is 0 Å². The molecular weight excluding hydrogens is 152 g/mol. The topological polar surface area (TPSA) is 26.2 Å². The second kappa shape index (κ2) is 3.29. The molecule has 12 heavy (non-hydrogen) atoms. The molecule has 1 atom stereocenters. The predicted octanol–water partition coefficient (Wildman–Crippen LogP) is 0.686. The molecule has 3 heteroatoms. The zero-order chi connectivity index (χ0) is 8.39. The van der Waals surface area contributed by atoms with Crippen molar-refractivity contribution in [2.24, 2.45) is 7.05 Å². The lowest BCUT2D eigenvalue weighted by Crippen LogP contribution is -2.34. The van der Waals surface area contributed by atoms with Crippen LogP contribution < -0.4 is 5.32 Å². The van der Waals surface area contributed by atoms with Crippen LogP contribution >= 0.6 is 0 Å². The molecular formula is C9H14N2O. The number of hydrogen-bond acceptors (Lipinski definition) is 2. The van der Waals surface area contributed by atoms with E-state index in [0.717, 1.165) is 19.7 Å². The summed E-state index contributed by atoms with van der Waals surface area (Å²) in [6.07, 6.45) is 2.28. The van der Waals surface area contributed by atoms with Crippen LogP contribution in [0.15, 0.2) is 18.3 Å². The van der Waals surface area contributed by atoms with Gasteiger partial charge < -0.3 is 14.6 Å². The highest BCUT2D eigenvalue weighted by molar-refractivity contribution is 5.10. The third-order valence-electron chi connectivity index (χ3n) is 2.24. The maximum Gasteiger partial charge on any atom is 0.110 e. The van der Waals surface area contributed by atoms with Crippen molar-refractivity contribution in [2.45, 2.75) is 6.10 Å². The monoisotopic (exact) mass is 166 g/mol. The molecule has 1 aliphatic heterocycles. The summed E-state index contributed by atoms with van der Waals surface area (Å²) in [4.78, 5) is 0. The largest absolute Gasteiger partial charge is 0.369 e. The number of nitrogens with zero attached hydrogens (tertiary/aromatic N) is 1. The molecule has 0 radical (unpaired) electrons. The number of rotatable bonds is 1. The average Bonchev–Trinajstić information content (AvgIpc) is 2.53. The molecule has 1 aromatic heterocycles. The Kier molecular flexibility index (Phi) is 2.15. The van der Waals surface area contributed by atoms with Gasteiger partial charge in [0.2, 0.25) is 0 Å². The lowest BCUT2D eigenvalue weighted by molar-refractivity contribution is 0.0234. The molecule has 3 nitrogen and oxygen atoms in total. The lowest BCUT2D eigenvalue weighted by Gasteiger charge is -2.24. The van der Waals surface area contributed by atoms with Gasteiger partial charge in [-0.3, -0.25) is 0 Å². The molecule has 1 fully saturated rings. The zero-order valence-electron chi connectivity index (χ0n) is 7.29. The van der Waals surface area contributed by atoms with E-state index in [1.165, 1.54) is 5.69 Å². The lowest BCUT2D eigenvalue weighted by atomic mass is 10.2. The van der Waals surface area contributed by atoms with Crippen molar-refractivity contribution in [1.82, 2.24) is 9.88 Å². The third kappa shape index (κ3) is 1.38. The van der Waals surface area contributed by atoms with Crippen LogP contribution in [-0.4, -0.2) is 24.3 Å². The maximum atomic E-state index is 5.62. The van der Waals surface area contributed by atoms with Gasteiger partial charge in [-0.2, -0.15) is 0 Å². The van der Waals surface area contributed by atoms with Gasteiger partial charge in [0, 0.05) is 32.0 Å². The van der Waals surface area contributed by atoms with E-state index >= 15 is 0 Å². The molecule has 0 bridgehead atoms. The fourth-order valence-corrected chi connectivity index (χ4v) is 1.56. The molecule has 1 aliphatic rings. The van der Waals surface area contributed by atoms with Gasteiger partial charge in [0.05, 0.1) is 6.61 Å². The van der Waals surface area contributed by atoms with E-state index in [4.69, 9.17) is 4.74 Å². The van der Waals surface area contributed by atoms with E-state index in [2.05, 4.69) is 16.0 Å². The minimum atomic E-state index is 0.235. The minimum absolute atomic E-state index is 0.235. The Balaban J connectivity index is 2.13. The SMILES string of the molecule is Cn1cccc1C1CNCCO1. The first-order valence-corrected chi connectivity index (χ1v) is 4.31. The van der Waals surface area contributed by atoms with Gasteiger partial charge in [-0.1, -0.05) is 0 Å². The third-order valence-corrected chi connectivity index (χ3v) is 2.24. The summed E-state index contributed by atoms with van der Waals surface area (Å²) in [5.74, 6) is 0. The van der Waals surface area contributed by atoms with E-state index < -0.39 is 0 Å². The maximum absolute atomic E-state index is 5.62. The van der Waals surface area contributed by atoms with Gasteiger partial charge in [-0.05, 0) is 12.1 Å². The second-order valence-corrected chi connectivity index (χ2v) is 3.11. The molecule has 66 valence electrons. The molecule has 1 unspecified atom stereocenters. The van der Waals surface area contributed by atoms with Gasteiger partial charge in [0.15, 0.2) is 0 Å². The van der Waals surface area contributed by atoms with Crippen LogP contribution in [-0.2, 0) is 11.8 Å². The number of hydrogen-bond donors (Lipinski definition) is 1. The molecule has 1 aromatic rings. The molecule has 0 spiro atoms. The standard InChI is InChI=1S/C9H14N2O/c1-11-5-2-3-8(11)9-7-10-4-6-12-9/h2-3,5,9-10H,4,6-7H2,1H3. The fourth-order valence-electron chi connectivity index (χ4n) is 1.56. The van der Waals surface area contributed by atoms with Crippen LogP contribution in [0.4, 0.5) is 0 Å². The Bertz CT molecular complexity index is 251. The minimum Gasteiger partial charge on any atom is -0.369 e. The van der Waals surface area contributed by atoms with Crippen molar-refractivity contribution in [3.63, 3.8) is 0 Å². The fraction of sp³-hybridized carbons (Fsp3) is 0.556. The van der Waals surface area contributed by atoms with Gasteiger partial charge >= 0.3 is 0 Å². The number of aryl methyl sites for hydroxylation is 1. The van der Waals surface area contributed by atoms with Crippen LogP contribution in [0.5, 0.6) is 0 Å². The van der Waals surface area contributed by atoms with Crippen LogP contribution in [0, 0.1) is 0 Å². The highest BCUT2D eigenvalue weighted by atomic mass is 16.5. The van der Waals surface area contributed by atoms with Gasteiger partial charge in [0.25, 0.3) is 0 Å². The smallest absolute Gasteiger partial charge is 0.110 e. The Morgan fingerprint density at radius 2 is 2.58 bits per heavy atom. The van der Waals surface area contributed by atoms with E-state index in [1.54, 1.807) is 0 Å². The summed E-state index contributed by atoms with van der Waals surface area (Å²) >= 11 is 0. The summed E-state index contributed by atoms with van der Waals surface area (Å²) < 4.78 is 7.73. The quantitative estimate of drug-likeness (QED) is 0.664. The van der Waals surface area contributed by atoms with Crippen molar-refractivity contribution in [3.05, 3.63) is 24.0 Å². The average molecular weight is 166 g/mol. The summed E-state index contributed by atoms with van der Waals surface area (Å²) in [7, 11) is 2.05. The first kappa shape index (κ1) is 7.83. The van der Waals surface area contributed by atoms with Crippen molar-refractivity contribution in [1.29, 1.82) is 0 Å². The Labute approximate surface area is 72.3 Å². The van der Waals surface area contributed by atoms with Crippen molar-refractivity contribution < 1.29 is 4.74 Å². The van der Waals surface area contributed by atoms with Crippen molar-refractivity contribution in [2.75, 3.05) is 19.7 Å². The molecule has 1 N–H and O–H groups in total. The Morgan fingerprint density at radius 3 is 3.17 bits per heavy atom. The second-order valence-electron chi connectivity index (χ2n) is 3.11. The number of morpholine rings is 1. The van der Waals surface area contributed by atoms with Crippen molar-refractivity contribution >= 4 is 0 Å². The Hall–Kier alpha value is -0.800. The highest BCUT2D eigenvalue weighted by Gasteiger charge is 2.16. The van der Waals surface area contributed by atoms with Gasteiger partial charge in [-0.15, -0.1) is 0 Å². The first-order chi connectivity index (χ1) is 5.88. The Morgan fingerprint density at radius 1 is 1.67 bits per heavy atom. The molecule has 0 saturated carbocycles. The van der Waals surface area contributed by atoms with E-state index in [9.17, 15) is 0 Å². The first-order valence-electron chi connectivity index (χ1n) is 4.31. The van der Waals surface area contributed by atoms with Crippen LogP contribution in [0.3, 0.4) is 0 Å². The highest BCUT2D eigenvalue weighted by Crippen LogP contribution is 2.17. The molecule has 0 amide bonds. The summed E-state index contributed by atoms with van der Waals surface area (Å²) in [5.41, 5.74) is 1.25. The summed E-state index contributed by atoms with van der Waals surface area (Å²) in [6, 6.07) is 4.16. The number of nitrogens with one attached hydrogen (secondary N) is 1. The van der Waals surface area contributed by atoms with Crippen LogP contribution in [0.25, 0.3) is 0 Å². The summed E-state index contributed by atoms with van der Waals surface area (Å²) in [5, 5.41) is 3.31. The van der Waals surface area contributed by atoms with E-state index in [0.29, 0.717) is 0 Å². The molecule has 0 aliphatic carbocycles. The van der Waals surface area contributed by atoms with E-state index in [1.807, 2.05) is 19.3 Å².